The van der Waals surface area contributed by atoms with Crippen molar-refractivity contribution in [1.29, 1.82) is 0 Å². The molecule has 2 aromatic heterocycles. The highest BCUT2D eigenvalue weighted by molar-refractivity contribution is 7.14. The summed E-state index contributed by atoms with van der Waals surface area (Å²) in [7, 11) is 1.58. The molecule has 2 N–H and O–H groups in total. The Morgan fingerprint density at radius 3 is 2.96 bits per heavy atom. The van der Waals surface area contributed by atoms with Gasteiger partial charge in [-0.3, -0.25) is 10.4 Å². The summed E-state index contributed by atoms with van der Waals surface area (Å²) in [6.07, 6.45) is 3.47. The van der Waals surface area contributed by atoms with Gasteiger partial charge >= 0.3 is 0 Å². The Morgan fingerprint density at radius 1 is 1.33 bits per heavy atom. The van der Waals surface area contributed by atoms with E-state index in [1.54, 1.807) is 37.7 Å². The third-order valence-electron chi connectivity index (χ3n) is 3.38. The molecular weight excluding hydrogens is 324 g/mol. The van der Waals surface area contributed by atoms with Crippen molar-refractivity contribution in [2.24, 2.45) is 5.10 Å². The topological polar surface area (TPSA) is 79.6 Å². The number of hydrazone groups is 1. The lowest BCUT2D eigenvalue weighted by Gasteiger charge is -2.04. The van der Waals surface area contributed by atoms with E-state index in [9.17, 15) is 5.11 Å². The van der Waals surface area contributed by atoms with Gasteiger partial charge in [-0.15, -0.1) is 11.3 Å². The number of thiazole rings is 1. The predicted molar refractivity (Wildman–Crippen MR) is 95.8 cm³/mol. The molecule has 24 heavy (non-hydrogen) atoms. The second kappa shape index (κ2) is 7.10. The lowest BCUT2D eigenvalue weighted by Crippen LogP contribution is -1.99. The molecule has 0 bridgehead atoms. The van der Waals surface area contributed by atoms with Gasteiger partial charge in [0.2, 0.25) is 5.13 Å². The molecule has 0 aliphatic heterocycles. The number of ether oxygens (including phenoxy) is 1. The first-order valence-electron chi connectivity index (χ1n) is 7.21. The molecule has 0 amide bonds. The SMILES string of the molecule is COc1ccc(O)c(-c2csc(N/N=C(\C)c3cccnc3)n2)c1. The molecule has 3 rings (SSSR count). The van der Waals surface area contributed by atoms with Gasteiger partial charge < -0.3 is 9.84 Å². The van der Waals surface area contributed by atoms with Gasteiger partial charge in [-0.1, -0.05) is 6.07 Å². The normalized spacial score (nSPS) is 11.3. The number of nitrogens with zero attached hydrogens (tertiary/aromatic N) is 3. The molecule has 0 aliphatic carbocycles. The van der Waals surface area contributed by atoms with Crippen molar-refractivity contribution in [2.45, 2.75) is 6.92 Å². The number of nitrogens with one attached hydrogen (secondary N) is 1. The monoisotopic (exact) mass is 340 g/mol. The van der Waals surface area contributed by atoms with Gasteiger partial charge in [-0.2, -0.15) is 5.10 Å². The zero-order valence-corrected chi connectivity index (χ0v) is 14.0. The van der Waals surface area contributed by atoms with Crippen LogP contribution in [0.3, 0.4) is 0 Å². The van der Waals surface area contributed by atoms with E-state index in [1.165, 1.54) is 11.3 Å². The molecule has 2 heterocycles. The Balaban J connectivity index is 1.79. The average molecular weight is 340 g/mol. The quantitative estimate of drug-likeness (QED) is 0.546. The van der Waals surface area contributed by atoms with Gasteiger partial charge in [0.15, 0.2) is 0 Å². The van der Waals surface area contributed by atoms with Crippen molar-refractivity contribution in [3.63, 3.8) is 0 Å². The van der Waals surface area contributed by atoms with E-state index in [0.717, 1.165) is 11.3 Å². The Labute approximate surface area is 143 Å². The highest BCUT2D eigenvalue weighted by atomic mass is 32.1. The number of aromatic nitrogens is 2. The largest absolute Gasteiger partial charge is 0.507 e. The molecule has 3 aromatic rings. The number of methoxy groups -OCH3 is 1. The zero-order valence-electron chi connectivity index (χ0n) is 13.2. The van der Waals surface area contributed by atoms with Crippen molar-refractivity contribution in [3.05, 3.63) is 53.7 Å². The van der Waals surface area contributed by atoms with E-state index in [4.69, 9.17) is 4.74 Å². The number of benzene rings is 1. The van der Waals surface area contributed by atoms with Crippen molar-refractivity contribution >= 4 is 22.2 Å². The van der Waals surface area contributed by atoms with E-state index in [1.807, 2.05) is 24.4 Å². The van der Waals surface area contributed by atoms with Gasteiger partial charge in [0.1, 0.15) is 11.5 Å². The Kier molecular flexibility index (Phi) is 4.72. The summed E-state index contributed by atoms with van der Waals surface area (Å²) in [5.74, 6) is 0.818. The second-order valence-electron chi connectivity index (χ2n) is 4.97. The van der Waals surface area contributed by atoms with Gasteiger partial charge in [0.05, 0.1) is 18.5 Å². The molecule has 0 saturated heterocycles. The summed E-state index contributed by atoms with van der Waals surface area (Å²) in [4.78, 5) is 8.52. The van der Waals surface area contributed by atoms with Gasteiger partial charge in [0.25, 0.3) is 0 Å². The average Bonchev–Trinajstić information content (AvgIpc) is 3.09. The lowest BCUT2D eigenvalue weighted by atomic mass is 10.1. The predicted octanol–water partition coefficient (Wildman–Crippen LogP) is 3.76. The van der Waals surface area contributed by atoms with Crippen LogP contribution in [0.1, 0.15) is 12.5 Å². The lowest BCUT2D eigenvalue weighted by molar-refractivity contribution is 0.412. The third-order valence-corrected chi connectivity index (χ3v) is 4.13. The number of hydrogen-bond donors (Lipinski definition) is 2. The fourth-order valence-electron chi connectivity index (χ4n) is 2.07. The number of aromatic hydroxyl groups is 1. The molecule has 0 aliphatic rings. The number of pyridine rings is 1. The van der Waals surface area contributed by atoms with E-state index in [0.29, 0.717) is 22.1 Å². The maximum Gasteiger partial charge on any atom is 0.203 e. The van der Waals surface area contributed by atoms with Gasteiger partial charge in [-0.05, 0) is 31.2 Å². The number of anilines is 1. The molecule has 0 radical (unpaired) electrons. The maximum absolute atomic E-state index is 10.0. The minimum absolute atomic E-state index is 0.155. The van der Waals surface area contributed by atoms with E-state index < -0.39 is 0 Å². The molecular formula is C17H16N4O2S. The fraction of sp³-hybridized carbons (Fsp3) is 0.118. The molecule has 6 nitrogen and oxygen atoms in total. The summed E-state index contributed by atoms with van der Waals surface area (Å²) in [6.45, 7) is 1.90. The minimum atomic E-state index is 0.155. The molecule has 0 fully saturated rings. The summed E-state index contributed by atoms with van der Waals surface area (Å²) >= 11 is 1.41. The standard InChI is InChI=1S/C17H16N4O2S/c1-11(12-4-3-7-18-9-12)20-21-17-19-15(10-24-17)14-8-13(23-2)5-6-16(14)22/h3-10,22H,1-2H3,(H,19,21)/b20-11+. The van der Waals surface area contributed by atoms with E-state index >= 15 is 0 Å². The fourth-order valence-corrected chi connectivity index (χ4v) is 2.72. The minimum Gasteiger partial charge on any atom is -0.507 e. The van der Waals surface area contributed by atoms with Crippen molar-refractivity contribution in [1.82, 2.24) is 9.97 Å². The molecule has 0 atom stereocenters. The first-order chi connectivity index (χ1) is 11.7. The summed E-state index contributed by atoms with van der Waals surface area (Å²) in [6, 6.07) is 8.84. The molecule has 0 spiro atoms. The number of rotatable bonds is 5. The van der Waals surface area contributed by atoms with Crippen molar-refractivity contribution < 1.29 is 9.84 Å². The van der Waals surface area contributed by atoms with Crippen LogP contribution < -0.4 is 10.2 Å². The molecule has 7 heteroatoms. The van der Waals surface area contributed by atoms with Crippen LogP contribution >= 0.6 is 11.3 Å². The third kappa shape index (κ3) is 3.52. The first-order valence-corrected chi connectivity index (χ1v) is 8.09. The highest BCUT2D eigenvalue weighted by Crippen LogP contribution is 2.34. The summed E-state index contributed by atoms with van der Waals surface area (Å²) < 4.78 is 5.19. The Morgan fingerprint density at radius 2 is 2.21 bits per heavy atom. The number of phenols is 1. The smallest absolute Gasteiger partial charge is 0.203 e. The van der Waals surface area contributed by atoms with Crippen LogP contribution in [-0.4, -0.2) is 27.9 Å². The van der Waals surface area contributed by atoms with E-state index in [2.05, 4.69) is 20.5 Å². The molecule has 1 aromatic carbocycles. The Bertz CT molecular complexity index is 862. The summed E-state index contributed by atoms with van der Waals surface area (Å²) in [5.41, 5.74) is 5.96. The zero-order chi connectivity index (χ0) is 16.9. The number of phenolic OH excluding ortho intramolecular Hbond substituents is 1. The van der Waals surface area contributed by atoms with Crippen LogP contribution in [0.5, 0.6) is 11.5 Å². The van der Waals surface area contributed by atoms with Gasteiger partial charge in [-0.25, -0.2) is 4.98 Å². The second-order valence-corrected chi connectivity index (χ2v) is 5.83. The van der Waals surface area contributed by atoms with Gasteiger partial charge in [0, 0.05) is 28.9 Å². The summed E-state index contributed by atoms with van der Waals surface area (Å²) in [5, 5.41) is 16.8. The van der Waals surface area contributed by atoms with Crippen LogP contribution in [0, 0.1) is 0 Å². The number of hydrogen-bond acceptors (Lipinski definition) is 7. The molecule has 0 saturated carbocycles. The first kappa shape index (κ1) is 15.9. The van der Waals surface area contributed by atoms with Crippen LogP contribution in [0.25, 0.3) is 11.3 Å². The molecule has 122 valence electrons. The van der Waals surface area contributed by atoms with Crippen molar-refractivity contribution in [3.8, 4) is 22.8 Å². The van der Waals surface area contributed by atoms with E-state index in [-0.39, 0.29) is 5.75 Å². The molecule has 0 unspecified atom stereocenters. The van der Waals surface area contributed by atoms with Crippen LogP contribution in [0.2, 0.25) is 0 Å². The Hall–Kier alpha value is -2.93. The highest BCUT2D eigenvalue weighted by Gasteiger charge is 2.10. The van der Waals surface area contributed by atoms with Crippen LogP contribution in [0.15, 0.2) is 53.2 Å². The van der Waals surface area contributed by atoms with Crippen LogP contribution in [-0.2, 0) is 0 Å². The van der Waals surface area contributed by atoms with Crippen LogP contribution in [0.4, 0.5) is 5.13 Å². The van der Waals surface area contributed by atoms with Crippen molar-refractivity contribution in [2.75, 3.05) is 12.5 Å². The maximum atomic E-state index is 10.0.